The maximum absolute atomic E-state index is 10.9. The molecule has 0 saturated carbocycles. The van der Waals surface area contributed by atoms with Crippen molar-refractivity contribution in [1.29, 1.82) is 0 Å². The minimum Gasteiger partial charge on any atom is -0.515 e. The van der Waals surface area contributed by atoms with Crippen molar-refractivity contribution in [1.82, 2.24) is 0 Å². The van der Waals surface area contributed by atoms with Crippen molar-refractivity contribution in [3.8, 4) is 0 Å². The summed E-state index contributed by atoms with van der Waals surface area (Å²) < 4.78 is 13.8. The first-order chi connectivity index (χ1) is 5.71. The first-order valence-corrected chi connectivity index (χ1v) is 3.19. The van der Waals surface area contributed by atoms with Crippen LogP contribution in [-0.2, 0) is 19.0 Å². The average molecular weight is 199 g/mol. The quantitative estimate of drug-likeness (QED) is 0.174. The van der Waals surface area contributed by atoms with Crippen LogP contribution in [0.3, 0.4) is 0 Å². The van der Waals surface area contributed by atoms with E-state index in [9.17, 15) is 4.79 Å². The average Bonchev–Trinajstić information content (AvgIpc) is 2.12. The molecule has 0 amide bonds. The Morgan fingerprint density at radius 3 is 2.00 bits per heavy atom. The first-order valence-electron chi connectivity index (χ1n) is 3.19. The summed E-state index contributed by atoms with van der Waals surface area (Å²) >= 11 is 0. The van der Waals surface area contributed by atoms with Crippen molar-refractivity contribution < 1.29 is 53.7 Å². The molecular weight excluding hydrogens is 187 g/mol. The fourth-order valence-corrected chi connectivity index (χ4v) is 0.678. The Hall–Kier alpha value is -0.0700. The van der Waals surface area contributed by atoms with Crippen LogP contribution in [0.2, 0.25) is 0 Å². The standard InChI is InChI=1S/C7H12O5.Na/c1-10-6(9)5(4-8)7(11-2)12-3;/h4,7-8H,1-3H3;/q;+1/b5-4+;. The molecule has 0 aromatic rings. The number of hydrogen-bond donors (Lipinski definition) is 1. The molecule has 0 aromatic heterocycles. The molecule has 0 rings (SSSR count). The molecule has 0 spiro atoms. The van der Waals surface area contributed by atoms with Gasteiger partial charge in [-0.25, -0.2) is 4.79 Å². The number of esters is 1. The van der Waals surface area contributed by atoms with E-state index in [2.05, 4.69) is 4.74 Å². The van der Waals surface area contributed by atoms with Crippen molar-refractivity contribution in [3.63, 3.8) is 0 Å². The summed E-state index contributed by atoms with van der Waals surface area (Å²) in [7, 11) is 3.90. The summed E-state index contributed by atoms with van der Waals surface area (Å²) in [4.78, 5) is 10.9. The number of rotatable bonds is 4. The zero-order chi connectivity index (χ0) is 9.56. The Kier molecular flexibility index (Phi) is 10.1. The van der Waals surface area contributed by atoms with Gasteiger partial charge in [-0.3, -0.25) is 0 Å². The summed E-state index contributed by atoms with van der Waals surface area (Å²) in [6, 6.07) is 0. The fraction of sp³-hybridized carbons (Fsp3) is 0.571. The summed E-state index contributed by atoms with van der Waals surface area (Å²) in [5, 5.41) is 8.64. The molecular formula is C7H12NaO5+. The maximum atomic E-state index is 10.9. The fourth-order valence-electron chi connectivity index (χ4n) is 0.678. The van der Waals surface area contributed by atoms with Gasteiger partial charge in [0.05, 0.1) is 13.4 Å². The van der Waals surface area contributed by atoms with Gasteiger partial charge in [0.15, 0.2) is 6.29 Å². The number of aliphatic hydroxyl groups excluding tert-OH is 1. The van der Waals surface area contributed by atoms with Crippen molar-refractivity contribution in [2.45, 2.75) is 6.29 Å². The van der Waals surface area contributed by atoms with Gasteiger partial charge in [0.25, 0.3) is 0 Å². The summed E-state index contributed by atoms with van der Waals surface area (Å²) in [5.74, 6) is -0.689. The summed E-state index contributed by atoms with van der Waals surface area (Å²) in [5.41, 5.74) is -0.0810. The van der Waals surface area contributed by atoms with Gasteiger partial charge in [-0.05, 0) is 0 Å². The van der Waals surface area contributed by atoms with E-state index in [0.29, 0.717) is 6.26 Å². The van der Waals surface area contributed by atoms with Gasteiger partial charge in [0, 0.05) is 14.2 Å². The van der Waals surface area contributed by atoms with E-state index < -0.39 is 12.3 Å². The van der Waals surface area contributed by atoms with Crippen LogP contribution >= 0.6 is 0 Å². The number of hydrogen-bond acceptors (Lipinski definition) is 5. The van der Waals surface area contributed by atoms with Crippen LogP contribution < -0.4 is 29.6 Å². The van der Waals surface area contributed by atoms with Crippen molar-refractivity contribution >= 4 is 5.97 Å². The third-order valence-corrected chi connectivity index (χ3v) is 1.24. The van der Waals surface area contributed by atoms with Crippen LogP contribution in [0, 0.1) is 0 Å². The number of carbonyl (C=O) groups is 1. The van der Waals surface area contributed by atoms with E-state index in [1.807, 2.05) is 0 Å². The Bertz CT molecular complexity index is 176. The predicted octanol–water partition coefficient (Wildman–Crippen LogP) is -2.78. The SMILES string of the molecule is COC(=O)/C(=C\O)C(OC)OC.[Na+]. The van der Waals surface area contributed by atoms with E-state index in [1.165, 1.54) is 21.3 Å². The molecule has 0 saturated heterocycles. The predicted molar refractivity (Wildman–Crippen MR) is 40.5 cm³/mol. The molecule has 0 fully saturated rings. The monoisotopic (exact) mass is 199 g/mol. The summed E-state index contributed by atoms with van der Waals surface area (Å²) in [6.45, 7) is 0. The van der Waals surface area contributed by atoms with Gasteiger partial charge in [-0.1, -0.05) is 0 Å². The molecule has 0 aliphatic rings. The molecule has 0 atom stereocenters. The second-order valence-corrected chi connectivity index (χ2v) is 1.88. The minimum absolute atomic E-state index is 0. The van der Waals surface area contributed by atoms with Crippen LogP contribution in [0.5, 0.6) is 0 Å². The minimum atomic E-state index is -0.901. The molecule has 6 heteroatoms. The molecule has 0 radical (unpaired) electrons. The molecule has 5 nitrogen and oxygen atoms in total. The normalized spacial score (nSPS) is 10.9. The topological polar surface area (TPSA) is 65.0 Å². The molecule has 13 heavy (non-hydrogen) atoms. The van der Waals surface area contributed by atoms with E-state index in [-0.39, 0.29) is 35.1 Å². The molecule has 1 N–H and O–H groups in total. The Labute approximate surface area is 98.9 Å². The molecule has 70 valence electrons. The molecule has 0 aromatic carbocycles. The second-order valence-electron chi connectivity index (χ2n) is 1.88. The maximum Gasteiger partial charge on any atom is 1.00 e. The third kappa shape index (κ3) is 4.64. The number of carbonyl (C=O) groups excluding carboxylic acids is 1. The van der Waals surface area contributed by atoms with Gasteiger partial charge in [-0.2, -0.15) is 0 Å². The van der Waals surface area contributed by atoms with Crippen molar-refractivity contribution in [2.24, 2.45) is 0 Å². The number of methoxy groups -OCH3 is 3. The zero-order valence-corrected chi connectivity index (χ0v) is 10.2. The number of aliphatic hydroxyl groups is 1. The van der Waals surface area contributed by atoms with E-state index in [0.717, 1.165) is 0 Å². The second kappa shape index (κ2) is 8.52. The Morgan fingerprint density at radius 2 is 1.77 bits per heavy atom. The number of ether oxygens (including phenoxy) is 3. The molecule has 0 heterocycles. The largest absolute Gasteiger partial charge is 1.00 e. The van der Waals surface area contributed by atoms with Crippen LogP contribution in [0.15, 0.2) is 11.8 Å². The smallest absolute Gasteiger partial charge is 0.515 e. The van der Waals surface area contributed by atoms with Crippen LogP contribution in [-0.4, -0.2) is 38.7 Å². The Balaban J connectivity index is 0. The van der Waals surface area contributed by atoms with E-state index >= 15 is 0 Å². The Morgan fingerprint density at radius 1 is 1.31 bits per heavy atom. The van der Waals surface area contributed by atoms with Gasteiger partial charge in [0.2, 0.25) is 0 Å². The van der Waals surface area contributed by atoms with Crippen molar-refractivity contribution in [3.05, 3.63) is 11.8 Å². The third-order valence-electron chi connectivity index (χ3n) is 1.24. The van der Waals surface area contributed by atoms with E-state index in [4.69, 9.17) is 14.6 Å². The molecule has 0 aliphatic carbocycles. The van der Waals surface area contributed by atoms with Crippen molar-refractivity contribution in [2.75, 3.05) is 21.3 Å². The van der Waals surface area contributed by atoms with E-state index in [1.54, 1.807) is 0 Å². The zero-order valence-electron chi connectivity index (χ0n) is 8.23. The van der Waals surface area contributed by atoms with Gasteiger partial charge < -0.3 is 19.3 Å². The van der Waals surface area contributed by atoms with Crippen LogP contribution in [0.25, 0.3) is 0 Å². The van der Waals surface area contributed by atoms with Gasteiger partial charge in [-0.15, -0.1) is 0 Å². The van der Waals surface area contributed by atoms with Gasteiger partial charge >= 0.3 is 35.5 Å². The molecule has 0 aliphatic heterocycles. The van der Waals surface area contributed by atoms with Crippen LogP contribution in [0.4, 0.5) is 0 Å². The first kappa shape index (κ1) is 15.4. The summed E-state index contributed by atoms with van der Waals surface area (Å²) in [6.07, 6.45) is -0.300. The molecule has 0 unspecified atom stereocenters. The molecule has 0 bridgehead atoms. The van der Waals surface area contributed by atoms with Crippen LogP contribution in [0.1, 0.15) is 0 Å². The van der Waals surface area contributed by atoms with Gasteiger partial charge in [0.1, 0.15) is 5.57 Å².